The van der Waals surface area contributed by atoms with Crippen LogP contribution in [0.15, 0.2) is 59.8 Å². The summed E-state index contributed by atoms with van der Waals surface area (Å²) in [6.45, 7) is 7.94. The number of carbonyl (C=O) groups is 1. The van der Waals surface area contributed by atoms with Crippen molar-refractivity contribution in [2.75, 3.05) is 38.2 Å². The van der Waals surface area contributed by atoms with E-state index >= 15 is 0 Å². The molecule has 0 spiro atoms. The van der Waals surface area contributed by atoms with Gasteiger partial charge in [0.15, 0.2) is 0 Å². The normalized spacial score (nSPS) is 18.6. The van der Waals surface area contributed by atoms with Gasteiger partial charge in [0.25, 0.3) is 10.0 Å². The molecule has 38 heavy (non-hydrogen) atoms. The first-order chi connectivity index (χ1) is 18.1. The summed E-state index contributed by atoms with van der Waals surface area (Å²) >= 11 is 0. The van der Waals surface area contributed by atoms with E-state index in [0.29, 0.717) is 30.5 Å². The molecule has 5 rings (SSSR count). The molecule has 202 valence electrons. The highest BCUT2D eigenvalue weighted by molar-refractivity contribution is 7.90. The molecule has 0 saturated carbocycles. The van der Waals surface area contributed by atoms with Gasteiger partial charge in [0.2, 0.25) is 0 Å². The Balaban J connectivity index is 1.46. The van der Waals surface area contributed by atoms with Crippen molar-refractivity contribution in [2.45, 2.75) is 50.2 Å². The van der Waals surface area contributed by atoms with Crippen molar-refractivity contribution < 1.29 is 22.7 Å². The predicted octanol–water partition coefficient (Wildman–Crippen LogP) is 4.52. The van der Waals surface area contributed by atoms with Crippen LogP contribution in [-0.4, -0.2) is 73.4 Å². The van der Waals surface area contributed by atoms with Gasteiger partial charge in [-0.15, -0.1) is 0 Å². The maximum absolute atomic E-state index is 13.9. The Hall–Kier alpha value is -3.37. The van der Waals surface area contributed by atoms with Crippen molar-refractivity contribution in [3.63, 3.8) is 0 Å². The van der Waals surface area contributed by atoms with Crippen molar-refractivity contribution in [3.8, 4) is 0 Å². The smallest absolute Gasteiger partial charge is 0.410 e. The van der Waals surface area contributed by atoms with Gasteiger partial charge in [0.05, 0.1) is 22.0 Å². The fourth-order valence-electron chi connectivity index (χ4n) is 4.98. The van der Waals surface area contributed by atoms with Crippen LogP contribution in [0.1, 0.15) is 39.2 Å². The number of aromatic nitrogens is 2. The molecule has 1 amide bonds. The molecule has 10 heteroatoms. The number of rotatable bonds is 5. The standard InChI is InChI=1S/C28H34N4O5S/c1-28(2,3)37-27(33)30-14-10-20(11-15-30)24-19-32(25-9-6-13-29-26(24)25)38(34,35)23-8-5-7-21(17-23)31-16-12-22(18-31)36-4/h5-10,13,17,19,22H,11-12,14-16,18H2,1-4H3. The molecule has 0 radical (unpaired) electrons. The Morgan fingerprint density at radius 2 is 1.95 bits per heavy atom. The fraction of sp³-hybridized carbons (Fsp3) is 0.429. The highest BCUT2D eigenvalue weighted by Gasteiger charge is 2.28. The lowest BCUT2D eigenvalue weighted by atomic mass is 10.0. The largest absolute Gasteiger partial charge is 0.444 e. The van der Waals surface area contributed by atoms with Gasteiger partial charge in [-0.2, -0.15) is 0 Å². The summed E-state index contributed by atoms with van der Waals surface area (Å²) in [5.41, 5.74) is 3.14. The van der Waals surface area contributed by atoms with Gasteiger partial charge in [-0.3, -0.25) is 4.98 Å². The molecular weight excluding hydrogens is 504 g/mol. The Bertz CT molecular complexity index is 1490. The second-order valence-corrected chi connectivity index (χ2v) is 12.5. The number of ether oxygens (including phenoxy) is 2. The third kappa shape index (κ3) is 5.15. The molecule has 1 aromatic carbocycles. The van der Waals surface area contributed by atoms with Crippen LogP contribution in [0.25, 0.3) is 16.6 Å². The molecule has 1 atom stereocenters. The summed E-state index contributed by atoms with van der Waals surface area (Å²) < 4.78 is 40.1. The number of carbonyl (C=O) groups excluding carboxylic acids is 1. The number of methoxy groups -OCH3 is 1. The minimum atomic E-state index is -3.89. The fourth-order valence-corrected chi connectivity index (χ4v) is 6.38. The lowest BCUT2D eigenvalue weighted by Gasteiger charge is -2.29. The first kappa shape index (κ1) is 26.2. The summed E-state index contributed by atoms with van der Waals surface area (Å²) in [5, 5.41) is 0. The lowest BCUT2D eigenvalue weighted by molar-refractivity contribution is 0.0270. The van der Waals surface area contributed by atoms with Gasteiger partial charge in [0, 0.05) is 56.9 Å². The van der Waals surface area contributed by atoms with Gasteiger partial charge >= 0.3 is 6.09 Å². The van der Waals surface area contributed by atoms with E-state index in [1.165, 1.54) is 3.97 Å². The predicted molar refractivity (Wildman–Crippen MR) is 147 cm³/mol. The molecule has 4 heterocycles. The van der Waals surface area contributed by atoms with Crippen LogP contribution in [0.2, 0.25) is 0 Å². The molecule has 0 N–H and O–H groups in total. The molecule has 0 aliphatic carbocycles. The van der Waals surface area contributed by atoms with Crippen LogP contribution in [0.3, 0.4) is 0 Å². The number of anilines is 1. The molecule has 9 nitrogen and oxygen atoms in total. The molecule has 1 fully saturated rings. The summed E-state index contributed by atoms with van der Waals surface area (Å²) in [6.07, 6.45) is 6.54. The Morgan fingerprint density at radius 1 is 1.13 bits per heavy atom. The monoisotopic (exact) mass is 538 g/mol. The number of nitrogens with zero attached hydrogens (tertiary/aromatic N) is 4. The first-order valence-electron chi connectivity index (χ1n) is 12.8. The van der Waals surface area contributed by atoms with Crippen molar-refractivity contribution in [3.05, 3.63) is 60.4 Å². The molecule has 2 aliphatic rings. The number of benzene rings is 1. The van der Waals surface area contributed by atoms with Crippen LogP contribution < -0.4 is 4.90 Å². The van der Waals surface area contributed by atoms with Crippen molar-refractivity contribution in [1.82, 2.24) is 13.9 Å². The maximum Gasteiger partial charge on any atom is 0.410 e. The zero-order chi connectivity index (χ0) is 27.1. The van der Waals surface area contributed by atoms with E-state index in [-0.39, 0.29) is 17.1 Å². The van der Waals surface area contributed by atoms with Gasteiger partial charge in [0.1, 0.15) is 5.60 Å². The number of amides is 1. The lowest BCUT2D eigenvalue weighted by Crippen LogP contribution is -2.39. The number of hydrogen-bond acceptors (Lipinski definition) is 7. The number of fused-ring (bicyclic) bond motifs is 1. The average Bonchev–Trinajstić information content (AvgIpc) is 3.54. The minimum Gasteiger partial charge on any atom is -0.444 e. The van der Waals surface area contributed by atoms with E-state index in [0.717, 1.165) is 36.3 Å². The van der Waals surface area contributed by atoms with E-state index in [1.807, 2.05) is 32.9 Å². The van der Waals surface area contributed by atoms with Gasteiger partial charge < -0.3 is 19.3 Å². The van der Waals surface area contributed by atoms with Gasteiger partial charge in [-0.05, 0) is 69.5 Å². The average molecular weight is 539 g/mol. The molecule has 1 saturated heterocycles. The van der Waals surface area contributed by atoms with E-state index < -0.39 is 15.6 Å². The van der Waals surface area contributed by atoms with E-state index in [9.17, 15) is 13.2 Å². The molecule has 2 aromatic heterocycles. The highest BCUT2D eigenvalue weighted by Crippen LogP contribution is 2.33. The maximum atomic E-state index is 13.9. The molecule has 2 aliphatic heterocycles. The van der Waals surface area contributed by atoms with Crippen LogP contribution in [0, 0.1) is 0 Å². The van der Waals surface area contributed by atoms with Crippen LogP contribution >= 0.6 is 0 Å². The van der Waals surface area contributed by atoms with E-state index in [1.54, 1.807) is 54.7 Å². The quantitative estimate of drug-likeness (QED) is 0.471. The van der Waals surface area contributed by atoms with Gasteiger partial charge in [-0.1, -0.05) is 12.1 Å². The van der Waals surface area contributed by atoms with E-state index in [2.05, 4.69) is 9.88 Å². The Kier molecular flexibility index (Phi) is 6.96. The Morgan fingerprint density at radius 3 is 2.63 bits per heavy atom. The minimum absolute atomic E-state index is 0.146. The van der Waals surface area contributed by atoms with Crippen LogP contribution in [0.5, 0.6) is 0 Å². The second-order valence-electron chi connectivity index (χ2n) is 10.7. The molecular formula is C28H34N4O5S. The summed E-state index contributed by atoms with van der Waals surface area (Å²) in [6, 6.07) is 10.6. The zero-order valence-electron chi connectivity index (χ0n) is 22.3. The molecule has 0 bridgehead atoms. The van der Waals surface area contributed by atoms with E-state index in [4.69, 9.17) is 9.47 Å². The highest BCUT2D eigenvalue weighted by atomic mass is 32.2. The Labute approximate surface area is 223 Å². The first-order valence-corrected chi connectivity index (χ1v) is 14.3. The topological polar surface area (TPSA) is 94.0 Å². The number of hydrogen-bond donors (Lipinski definition) is 0. The molecule has 3 aromatic rings. The zero-order valence-corrected chi connectivity index (χ0v) is 23.1. The van der Waals surface area contributed by atoms with Crippen LogP contribution in [-0.2, 0) is 19.5 Å². The second kappa shape index (κ2) is 10.1. The third-order valence-corrected chi connectivity index (χ3v) is 8.62. The van der Waals surface area contributed by atoms with Gasteiger partial charge in [-0.25, -0.2) is 17.2 Å². The summed E-state index contributed by atoms with van der Waals surface area (Å²) in [5.74, 6) is 0. The summed E-state index contributed by atoms with van der Waals surface area (Å²) in [7, 11) is -2.19. The van der Waals surface area contributed by atoms with Crippen LogP contribution in [0.4, 0.5) is 10.5 Å². The van der Waals surface area contributed by atoms with Crippen molar-refractivity contribution >= 4 is 38.4 Å². The SMILES string of the molecule is COC1CCN(c2cccc(S(=O)(=O)n3cc(C4=CCN(C(=O)OC(C)(C)C)CC4)c4ncccc43)c2)C1. The summed E-state index contributed by atoms with van der Waals surface area (Å²) in [4.78, 5) is 21.0. The number of pyridine rings is 1. The third-order valence-electron chi connectivity index (χ3n) is 6.95. The van der Waals surface area contributed by atoms with Crippen molar-refractivity contribution in [1.29, 1.82) is 0 Å². The van der Waals surface area contributed by atoms with Crippen molar-refractivity contribution in [2.24, 2.45) is 0 Å². The molecule has 1 unspecified atom stereocenters.